The van der Waals surface area contributed by atoms with Crippen molar-refractivity contribution in [2.45, 2.75) is 39.8 Å². The first kappa shape index (κ1) is 29.6. The standard InChI is InChI=1S/C27H30Cl2N6O2.ClH/c1-17(2)23(33(15-7-14-30)26(36)20-10-12-21(28)13-11-20)25-31-24-22(29)18(3)32-35(24)27(37)34(25)16-19-8-5-4-6-9-19;/h4-6,8-13,17,23H,7,14-16,30H2,1-3H3;1H. The van der Waals surface area contributed by atoms with E-state index in [-0.39, 0.29) is 42.1 Å². The summed E-state index contributed by atoms with van der Waals surface area (Å²) in [7, 11) is 0. The maximum Gasteiger partial charge on any atom is 0.352 e. The van der Waals surface area contributed by atoms with Gasteiger partial charge in [0.1, 0.15) is 10.8 Å². The molecule has 4 rings (SSSR count). The number of hydrogen-bond donors (Lipinski definition) is 1. The monoisotopic (exact) mass is 576 g/mol. The lowest BCUT2D eigenvalue weighted by molar-refractivity contribution is 0.0601. The van der Waals surface area contributed by atoms with Crippen LogP contribution in [0.5, 0.6) is 0 Å². The van der Waals surface area contributed by atoms with E-state index >= 15 is 0 Å². The smallest absolute Gasteiger partial charge is 0.330 e. The number of hydrogen-bond acceptors (Lipinski definition) is 5. The molecule has 0 saturated carbocycles. The first-order chi connectivity index (χ1) is 17.7. The van der Waals surface area contributed by atoms with Crippen molar-refractivity contribution in [3.8, 4) is 0 Å². The highest BCUT2D eigenvalue weighted by atomic mass is 35.5. The van der Waals surface area contributed by atoms with Gasteiger partial charge in [-0.3, -0.25) is 9.36 Å². The normalized spacial score (nSPS) is 12.0. The van der Waals surface area contributed by atoms with Crippen molar-refractivity contribution in [2.75, 3.05) is 13.1 Å². The molecule has 0 bridgehead atoms. The highest BCUT2D eigenvalue weighted by molar-refractivity contribution is 6.34. The minimum Gasteiger partial charge on any atom is -0.330 e. The molecule has 38 heavy (non-hydrogen) atoms. The molecule has 0 radical (unpaired) electrons. The Morgan fingerprint density at radius 2 is 1.74 bits per heavy atom. The zero-order valence-electron chi connectivity index (χ0n) is 21.5. The molecular weight excluding hydrogens is 547 g/mol. The molecule has 0 aliphatic carbocycles. The van der Waals surface area contributed by atoms with Crippen molar-refractivity contribution in [3.63, 3.8) is 0 Å². The Kier molecular flexibility index (Phi) is 9.95. The number of rotatable bonds is 9. The summed E-state index contributed by atoms with van der Waals surface area (Å²) in [6.07, 6.45) is 0.584. The Morgan fingerprint density at radius 1 is 1.08 bits per heavy atom. The lowest BCUT2D eigenvalue weighted by Gasteiger charge is -2.35. The van der Waals surface area contributed by atoms with Gasteiger partial charge < -0.3 is 10.6 Å². The van der Waals surface area contributed by atoms with Crippen LogP contribution in [0.1, 0.15) is 53.7 Å². The van der Waals surface area contributed by atoms with Gasteiger partial charge in [0.05, 0.1) is 18.3 Å². The van der Waals surface area contributed by atoms with Gasteiger partial charge in [-0.15, -0.1) is 12.4 Å². The number of benzene rings is 2. The number of aryl methyl sites for hydroxylation is 1. The van der Waals surface area contributed by atoms with E-state index < -0.39 is 6.04 Å². The van der Waals surface area contributed by atoms with Crippen molar-refractivity contribution in [2.24, 2.45) is 11.7 Å². The lowest BCUT2D eigenvalue weighted by Crippen LogP contribution is -2.43. The highest BCUT2D eigenvalue weighted by Crippen LogP contribution is 2.31. The lowest BCUT2D eigenvalue weighted by atomic mass is 9.99. The molecule has 4 aromatic rings. The first-order valence-corrected chi connectivity index (χ1v) is 12.9. The summed E-state index contributed by atoms with van der Waals surface area (Å²) in [6, 6.07) is 15.9. The second-order valence-electron chi connectivity index (χ2n) is 9.30. The average molecular weight is 578 g/mol. The minimum atomic E-state index is -0.539. The van der Waals surface area contributed by atoms with Crippen LogP contribution in [0.3, 0.4) is 0 Å². The number of aromatic nitrogens is 4. The van der Waals surface area contributed by atoms with Gasteiger partial charge in [0, 0.05) is 17.1 Å². The van der Waals surface area contributed by atoms with Crippen molar-refractivity contribution in [1.29, 1.82) is 0 Å². The molecule has 202 valence electrons. The van der Waals surface area contributed by atoms with E-state index in [2.05, 4.69) is 5.10 Å². The van der Waals surface area contributed by atoms with Crippen LogP contribution in [0.25, 0.3) is 5.65 Å². The van der Waals surface area contributed by atoms with Gasteiger partial charge >= 0.3 is 5.69 Å². The summed E-state index contributed by atoms with van der Waals surface area (Å²) in [5, 5.41) is 5.18. The van der Waals surface area contributed by atoms with Crippen LogP contribution in [-0.4, -0.2) is 43.1 Å². The van der Waals surface area contributed by atoms with Gasteiger partial charge in [0.15, 0.2) is 5.65 Å². The molecule has 1 amide bonds. The molecule has 1 atom stereocenters. The number of nitrogens with two attached hydrogens (primary N) is 1. The van der Waals surface area contributed by atoms with E-state index in [0.717, 1.165) is 5.56 Å². The first-order valence-electron chi connectivity index (χ1n) is 12.2. The molecule has 0 spiro atoms. The maximum absolute atomic E-state index is 13.9. The van der Waals surface area contributed by atoms with Crippen molar-refractivity contribution < 1.29 is 4.79 Å². The second kappa shape index (κ2) is 12.8. The Bertz CT molecular complexity index is 1450. The maximum atomic E-state index is 13.9. The van der Waals surface area contributed by atoms with Gasteiger partial charge in [-0.25, -0.2) is 9.78 Å². The van der Waals surface area contributed by atoms with Gasteiger partial charge in [0.2, 0.25) is 0 Å². The van der Waals surface area contributed by atoms with E-state index in [1.54, 1.807) is 40.7 Å². The van der Waals surface area contributed by atoms with Crippen LogP contribution in [0, 0.1) is 12.8 Å². The number of nitrogens with zero attached hydrogens (tertiary/aromatic N) is 5. The van der Waals surface area contributed by atoms with Gasteiger partial charge in [-0.2, -0.15) is 9.61 Å². The Morgan fingerprint density at radius 3 is 2.34 bits per heavy atom. The van der Waals surface area contributed by atoms with Crippen molar-refractivity contribution >= 4 is 47.2 Å². The Hall–Kier alpha value is -2.91. The summed E-state index contributed by atoms with van der Waals surface area (Å²) < 4.78 is 2.81. The summed E-state index contributed by atoms with van der Waals surface area (Å²) in [5.41, 5.74) is 7.66. The second-order valence-corrected chi connectivity index (χ2v) is 10.1. The van der Waals surface area contributed by atoms with E-state index in [0.29, 0.717) is 46.6 Å². The molecule has 0 saturated heterocycles. The summed E-state index contributed by atoms with van der Waals surface area (Å²) >= 11 is 12.6. The van der Waals surface area contributed by atoms with E-state index in [1.165, 1.54) is 4.52 Å². The number of amides is 1. The average Bonchev–Trinajstić information content (AvgIpc) is 3.17. The molecule has 0 aliphatic heterocycles. The van der Waals surface area contributed by atoms with Crippen LogP contribution >= 0.6 is 35.6 Å². The molecule has 2 aromatic carbocycles. The highest BCUT2D eigenvalue weighted by Gasteiger charge is 2.33. The van der Waals surface area contributed by atoms with Gasteiger partial charge in [0.25, 0.3) is 5.91 Å². The summed E-state index contributed by atoms with van der Waals surface area (Å²) in [6.45, 7) is 6.79. The van der Waals surface area contributed by atoms with Crippen LogP contribution in [0.2, 0.25) is 10.0 Å². The number of fused-ring (bicyclic) bond motifs is 1. The van der Waals surface area contributed by atoms with E-state index in [1.807, 2.05) is 44.2 Å². The molecule has 1 unspecified atom stereocenters. The molecule has 2 heterocycles. The van der Waals surface area contributed by atoms with Crippen LogP contribution in [0.15, 0.2) is 59.4 Å². The number of halogens is 3. The van der Waals surface area contributed by atoms with Crippen LogP contribution in [0.4, 0.5) is 0 Å². The zero-order chi connectivity index (χ0) is 26.7. The molecule has 11 heteroatoms. The van der Waals surface area contributed by atoms with Crippen molar-refractivity contribution in [3.05, 3.63) is 97.8 Å². The molecule has 2 aromatic heterocycles. The largest absolute Gasteiger partial charge is 0.352 e. The third kappa shape index (κ3) is 6.04. The molecule has 0 aliphatic rings. The van der Waals surface area contributed by atoms with E-state index in [4.69, 9.17) is 33.9 Å². The third-order valence-corrected chi connectivity index (χ3v) is 6.94. The van der Waals surface area contributed by atoms with Crippen LogP contribution in [-0.2, 0) is 6.54 Å². The quantitative estimate of drug-likeness (QED) is 0.296. The zero-order valence-corrected chi connectivity index (χ0v) is 23.8. The predicted octanol–water partition coefficient (Wildman–Crippen LogP) is 5.16. The molecule has 0 fully saturated rings. The Balaban J connectivity index is 0.00000400. The fraction of sp³-hybridized carbons (Fsp3) is 0.333. The summed E-state index contributed by atoms with van der Waals surface area (Å²) in [4.78, 5) is 34.3. The van der Waals surface area contributed by atoms with Crippen molar-refractivity contribution in [1.82, 2.24) is 24.1 Å². The minimum absolute atomic E-state index is 0. The molecule has 2 N–H and O–H groups in total. The van der Waals surface area contributed by atoms with E-state index in [9.17, 15) is 9.59 Å². The fourth-order valence-corrected chi connectivity index (χ4v) is 4.72. The topological polar surface area (TPSA) is 98.5 Å². The third-order valence-electron chi connectivity index (χ3n) is 6.24. The fourth-order valence-electron chi connectivity index (χ4n) is 4.43. The van der Waals surface area contributed by atoms with Gasteiger partial charge in [-0.05, 0) is 55.6 Å². The SMILES string of the molecule is Cc1nn2c(=O)n(Cc3ccccc3)c(C(C(C)C)N(CCCN)C(=O)c3ccc(Cl)cc3)nc2c1Cl.Cl. The number of carbonyl (C=O) groups is 1. The van der Waals surface area contributed by atoms with Gasteiger partial charge in [-0.1, -0.05) is 67.4 Å². The Labute approximate surface area is 237 Å². The molecular formula is C27H31Cl3N6O2. The summed E-state index contributed by atoms with van der Waals surface area (Å²) in [5.74, 6) is 0.158. The predicted molar refractivity (Wildman–Crippen MR) is 154 cm³/mol. The molecule has 8 nitrogen and oxygen atoms in total. The number of carbonyl (C=O) groups excluding carboxylic acids is 1. The van der Waals surface area contributed by atoms with Crippen LogP contribution < -0.4 is 11.4 Å².